The van der Waals surface area contributed by atoms with Gasteiger partial charge in [-0.2, -0.15) is 0 Å². The van der Waals surface area contributed by atoms with Crippen molar-refractivity contribution < 1.29 is 38.2 Å². The van der Waals surface area contributed by atoms with Crippen LogP contribution in [0.25, 0.3) is 0 Å². The fourth-order valence-electron chi connectivity index (χ4n) is 2.85. The highest BCUT2D eigenvalue weighted by Gasteiger charge is 2.68. The molecule has 0 spiro atoms. The normalized spacial score (nSPS) is 31.6. The number of halogens is 1. The van der Waals surface area contributed by atoms with Gasteiger partial charge in [0.05, 0.1) is 5.40 Å². The molecule has 0 radical (unpaired) electrons. The zero-order chi connectivity index (χ0) is 21.0. The first-order valence-corrected chi connectivity index (χ1v) is 9.37. The summed E-state index contributed by atoms with van der Waals surface area (Å²) in [5.74, 6) is -1.19. The summed E-state index contributed by atoms with van der Waals surface area (Å²) in [6.45, 7) is 0. The van der Waals surface area contributed by atoms with E-state index >= 15 is 4.39 Å². The molecule has 0 aromatic carbocycles. The molecule has 1 aromatic heterocycles. The Balaban J connectivity index is 2.63. The summed E-state index contributed by atoms with van der Waals surface area (Å²) in [6, 6.07) is 0. The molecular weight excluding hydrogens is 403 g/mol. The lowest BCUT2D eigenvalue weighted by Crippen LogP contribution is -2.60. The number of nitrogens with one attached hydrogen (secondary N) is 1. The number of phosphoric acid groups is 1. The van der Waals surface area contributed by atoms with E-state index in [1.807, 2.05) is 0 Å². The number of aliphatic hydroxyl groups is 2. The maximum atomic E-state index is 15.6. The van der Waals surface area contributed by atoms with Gasteiger partial charge in [0.1, 0.15) is 39.1 Å². The van der Waals surface area contributed by atoms with Crippen molar-refractivity contribution in [3.8, 4) is 12.3 Å². The average Bonchev–Trinajstić information content (AvgIpc) is 2.68. The number of ether oxygens (including phenoxy) is 1. The van der Waals surface area contributed by atoms with E-state index in [0.29, 0.717) is 0 Å². The molecule has 0 saturated carbocycles. The van der Waals surface area contributed by atoms with Crippen LogP contribution in [0.15, 0.2) is 11.0 Å². The van der Waals surface area contributed by atoms with Gasteiger partial charge < -0.3 is 29.3 Å². The molecule has 2 heterocycles. The molecular formula is C11H15B3FN2O8PS. The van der Waals surface area contributed by atoms with Crippen LogP contribution in [0.3, 0.4) is 0 Å². The lowest BCUT2D eigenvalue weighted by molar-refractivity contribution is -0.239. The van der Waals surface area contributed by atoms with Crippen LogP contribution < -0.4 is 5.56 Å². The maximum absolute atomic E-state index is 15.6. The topological polar surface area (TPSA) is 154 Å². The summed E-state index contributed by atoms with van der Waals surface area (Å²) in [5.41, 5.74) is -3.01. The summed E-state index contributed by atoms with van der Waals surface area (Å²) in [6.07, 6.45) is 1.96. The third-order valence-electron chi connectivity index (χ3n) is 4.33. The lowest BCUT2D eigenvalue weighted by Gasteiger charge is -2.40. The van der Waals surface area contributed by atoms with E-state index in [1.165, 1.54) is 0 Å². The van der Waals surface area contributed by atoms with E-state index in [1.54, 1.807) is 0 Å². The fraction of sp³-hybridized carbons (Fsp3) is 0.455. The molecule has 1 aliphatic rings. The molecule has 0 bridgehead atoms. The molecule has 0 amide bonds. The monoisotopic (exact) mass is 418 g/mol. The van der Waals surface area contributed by atoms with Crippen LogP contribution in [0.2, 0.25) is 0 Å². The standard InChI is InChI=1S/C11H15B3FN2O8PS/c1-2-4-3-17(8(27)16-7(4)20)10(12)6(19)5(18)9(15,24-10)11(13,14)25-26(21,22)23/h1,3,5-6,18-19H,12-14H2,(H,16,20,27)(H2,21,22,23)/t5-,6+,9-,10-/m0/s1. The van der Waals surface area contributed by atoms with Crippen molar-refractivity contribution in [2.75, 3.05) is 0 Å². The lowest BCUT2D eigenvalue weighted by atomic mass is 9.59. The number of rotatable bonds is 4. The Hall–Kier alpha value is -1.23. The quantitative estimate of drug-likeness (QED) is 0.141. The van der Waals surface area contributed by atoms with Crippen LogP contribution in [0, 0.1) is 17.1 Å². The van der Waals surface area contributed by atoms with E-state index in [9.17, 15) is 19.6 Å². The first-order chi connectivity index (χ1) is 12.1. The Kier molecular flexibility index (Phi) is 5.46. The zero-order valence-electron chi connectivity index (χ0n) is 14.4. The molecule has 0 aliphatic carbocycles. The number of terminal acetylenes is 1. The minimum absolute atomic E-state index is 0.211. The predicted octanol–water partition coefficient (Wildman–Crippen LogP) is -4.42. The second-order valence-corrected chi connectivity index (χ2v) is 8.15. The van der Waals surface area contributed by atoms with Crippen molar-refractivity contribution in [2.24, 2.45) is 0 Å². The highest BCUT2D eigenvalue weighted by molar-refractivity contribution is 7.71. The SMILES string of the molecule is BC(B)(OP(=O)(O)O)[C@@]1(F)O[C@@](B)(n2cc(C#C)c(=O)[nH]c2=S)[C@H](O)[C@@H]1O. The minimum atomic E-state index is -5.19. The Morgan fingerprint density at radius 2 is 2.04 bits per heavy atom. The van der Waals surface area contributed by atoms with Crippen molar-refractivity contribution >= 4 is 43.6 Å². The molecule has 16 heteroatoms. The summed E-state index contributed by atoms with van der Waals surface area (Å²) in [4.78, 5) is 32.0. The number of aliphatic hydroxyl groups excluding tert-OH is 2. The number of hydrogen-bond acceptors (Lipinski definition) is 7. The Morgan fingerprint density at radius 1 is 1.48 bits per heavy atom. The maximum Gasteiger partial charge on any atom is 0.468 e. The van der Waals surface area contributed by atoms with Crippen LogP contribution in [0.4, 0.5) is 4.39 Å². The van der Waals surface area contributed by atoms with Crippen molar-refractivity contribution in [1.82, 2.24) is 9.55 Å². The third-order valence-corrected chi connectivity index (χ3v) is 5.32. The van der Waals surface area contributed by atoms with Gasteiger partial charge in [0, 0.05) is 6.20 Å². The Labute approximate surface area is 160 Å². The summed E-state index contributed by atoms with van der Waals surface area (Å²) < 4.78 is 37.0. The number of H-pyrrole nitrogens is 1. The van der Waals surface area contributed by atoms with Gasteiger partial charge in [0.2, 0.25) is 0 Å². The van der Waals surface area contributed by atoms with Gasteiger partial charge in [-0.3, -0.25) is 14.3 Å². The molecule has 4 atom stereocenters. The van der Waals surface area contributed by atoms with Crippen LogP contribution in [0.5, 0.6) is 0 Å². The number of nitrogens with zero attached hydrogens (tertiary/aromatic N) is 1. The van der Waals surface area contributed by atoms with Crippen molar-refractivity contribution in [2.45, 2.75) is 29.1 Å². The summed E-state index contributed by atoms with van der Waals surface area (Å²) >= 11 is 4.99. The number of aromatic nitrogens is 2. The molecule has 27 heavy (non-hydrogen) atoms. The van der Waals surface area contributed by atoms with Gasteiger partial charge in [-0.15, -0.1) is 6.42 Å². The highest BCUT2D eigenvalue weighted by atomic mass is 32.1. The van der Waals surface area contributed by atoms with E-state index in [-0.39, 0.29) is 10.3 Å². The van der Waals surface area contributed by atoms with Crippen molar-refractivity contribution in [1.29, 1.82) is 0 Å². The summed E-state index contributed by atoms with van der Waals surface area (Å²) in [7, 11) is -2.20. The smallest absolute Gasteiger partial charge is 0.386 e. The zero-order valence-corrected chi connectivity index (χ0v) is 16.1. The van der Waals surface area contributed by atoms with Gasteiger partial charge in [0.15, 0.2) is 12.6 Å². The Morgan fingerprint density at radius 3 is 2.52 bits per heavy atom. The molecule has 1 aliphatic heterocycles. The first kappa shape index (κ1) is 22.1. The van der Waals surface area contributed by atoms with Gasteiger partial charge in [0.25, 0.3) is 11.4 Å². The molecule has 5 N–H and O–H groups in total. The second kappa shape index (κ2) is 6.68. The number of phosphoric ester groups is 1. The first-order valence-electron chi connectivity index (χ1n) is 7.43. The summed E-state index contributed by atoms with van der Waals surface area (Å²) in [5, 5.41) is 18.3. The van der Waals surface area contributed by atoms with E-state index < -0.39 is 42.5 Å². The molecule has 144 valence electrons. The third kappa shape index (κ3) is 3.60. The van der Waals surface area contributed by atoms with Gasteiger partial charge >= 0.3 is 7.82 Å². The number of hydrogen-bond donors (Lipinski definition) is 5. The molecule has 1 saturated heterocycles. The van der Waals surface area contributed by atoms with E-state index in [2.05, 4.69) is 15.4 Å². The molecule has 2 rings (SSSR count). The van der Waals surface area contributed by atoms with Crippen LogP contribution in [0.1, 0.15) is 5.56 Å². The highest BCUT2D eigenvalue weighted by Crippen LogP contribution is 2.51. The van der Waals surface area contributed by atoms with Gasteiger partial charge in [-0.1, -0.05) is 5.92 Å². The Bertz CT molecular complexity index is 976. The largest absolute Gasteiger partial charge is 0.468 e. The van der Waals surface area contributed by atoms with Crippen molar-refractivity contribution in [3.63, 3.8) is 0 Å². The van der Waals surface area contributed by atoms with Gasteiger partial charge in [-0.05, 0) is 12.2 Å². The van der Waals surface area contributed by atoms with Gasteiger partial charge in [-0.25, -0.2) is 8.96 Å². The van der Waals surface area contributed by atoms with Crippen LogP contribution in [-0.2, 0) is 19.4 Å². The van der Waals surface area contributed by atoms with Crippen molar-refractivity contribution in [3.05, 3.63) is 26.9 Å². The fourth-order valence-corrected chi connectivity index (χ4v) is 3.90. The molecule has 1 fully saturated rings. The van der Waals surface area contributed by atoms with Crippen LogP contribution in [-0.4, -0.2) is 76.6 Å². The number of alkyl halides is 1. The molecule has 10 nitrogen and oxygen atoms in total. The molecule has 0 unspecified atom stereocenters. The predicted molar refractivity (Wildman–Crippen MR) is 100 cm³/mol. The molecule has 1 aromatic rings. The second-order valence-electron chi connectivity index (χ2n) is 6.60. The van der Waals surface area contributed by atoms with Crippen LogP contribution >= 0.6 is 20.0 Å². The minimum Gasteiger partial charge on any atom is -0.386 e. The van der Waals surface area contributed by atoms with E-state index in [4.69, 9.17) is 33.2 Å². The number of aromatic amines is 1. The average molecular weight is 418 g/mol. The van der Waals surface area contributed by atoms with E-state index in [0.717, 1.165) is 34.3 Å².